The minimum Gasteiger partial charge on any atom is -0.391 e. The fraction of sp³-hybridized carbons (Fsp3) is 0.333. The minimum absolute atomic E-state index is 0.110. The van der Waals surface area contributed by atoms with Gasteiger partial charge in [0.25, 0.3) is 0 Å². The van der Waals surface area contributed by atoms with E-state index in [1.54, 1.807) is 6.20 Å². The Balaban J connectivity index is 1.68. The highest BCUT2D eigenvalue weighted by molar-refractivity contribution is 6.29. The molecule has 2 unspecified atom stereocenters. The van der Waals surface area contributed by atoms with E-state index in [0.29, 0.717) is 5.15 Å². The summed E-state index contributed by atoms with van der Waals surface area (Å²) in [5.41, 5.74) is 3.78. The molecule has 0 aliphatic heterocycles. The van der Waals surface area contributed by atoms with Gasteiger partial charge in [0.15, 0.2) is 0 Å². The first kappa shape index (κ1) is 15.4. The largest absolute Gasteiger partial charge is 0.391 e. The molecule has 0 bridgehead atoms. The van der Waals surface area contributed by atoms with Gasteiger partial charge in [-0.1, -0.05) is 24.4 Å². The number of anilines is 1. The summed E-state index contributed by atoms with van der Waals surface area (Å²) in [7, 11) is 0. The zero-order valence-electron chi connectivity index (χ0n) is 13.2. The molecule has 0 radical (unpaired) electrons. The smallest absolute Gasteiger partial charge is 0.137 e. The van der Waals surface area contributed by atoms with E-state index >= 15 is 0 Å². The average molecular weight is 343 g/mol. The predicted molar refractivity (Wildman–Crippen MR) is 95.3 cm³/mol. The molecule has 3 heterocycles. The highest BCUT2D eigenvalue weighted by Gasteiger charge is 2.22. The van der Waals surface area contributed by atoms with Gasteiger partial charge in [0.1, 0.15) is 10.8 Å². The Kier molecular flexibility index (Phi) is 4.12. The number of aliphatic hydroxyl groups excluding tert-OH is 1. The first-order valence-electron chi connectivity index (χ1n) is 8.24. The highest BCUT2D eigenvalue weighted by Crippen LogP contribution is 2.26. The molecule has 124 valence electrons. The maximum atomic E-state index is 10.2. The maximum Gasteiger partial charge on any atom is 0.137 e. The Morgan fingerprint density at radius 1 is 1.17 bits per heavy atom. The lowest BCUT2D eigenvalue weighted by atomic mass is 9.92. The molecule has 2 N–H and O–H groups in total. The van der Waals surface area contributed by atoms with Crippen molar-refractivity contribution in [1.29, 1.82) is 0 Å². The second-order valence-electron chi connectivity index (χ2n) is 6.26. The molecule has 5 nitrogen and oxygen atoms in total. The van der Waals surface area contributed by atoms with E-state index in [1.807, 2.05) is 41.1 Å². The number of nitrogens with one attached hydrogen (secondary N) is 1. The summed E-state index contributed by atoms with van der Waals surface area (Å²) in [6.45, 7) is 0. The third-order valence-electron chi connectivity index (χ3n) is 4.61. The van der Waals surface area contributed by atoms with Gasteiger partial charge in [0.05, 0.1) is 29.7 Å². The fourth-order valence-corrected chi connectivity index (χ4v) is 3.51. The number of imidazole rings is 1. The van der Waals surface area contributed by atoms with Crippen LogP contribution < -0.4 is 5.32 Å². The molecule has 4 rings (SSSR count). The first-order chi connectivity index (χ1) is 11.7. The molecule has 24 heavy (non-hydrogen) atoms. The number of aliphatic hydroxyl groups is 1. The number of hydrogen-bond acceptors (Lipinski definition) is 4. The minimum atomic E-state index is -0.282. The Hall–Kier alpha value is -2.11. The molecule has 2 atom stereocenters. The van der Waals surface area contributed by atoms with Crippen LogP contribution in [-0.2, 0) is 0 Å². The first-order valence-corrected chi connectivity index (χ1v) is 8.62. The molecular weight excluding hydrogens is 324 g/mol. The predicted octanol–water partition coefficient (Wildman–Crippen LogP) is 3.77. The number of fused-ring (bicyclic) bond motifs is 1. The quantitative estimate of drug-likeness (QED) is 0.711. The van der Waals surface area contributed by atoms with Crippen molar-refractivity contribution in [1.82, 2.24) is 14.4 Å². The zero-order chi connectivity index (χ0) is 16.5. The van der Waals surface area contributed by atoms with Crippen molar-refractivity contribution in [2.75, 3.05) is 5.32 Å². The molecule has 0 spiro atoms. The molecule has 0 saturated heterocycles. The molecule has 0 aromatic carbocycles. The van der Waals surface area contributed by atoms with Gasteiger partial charge in [0, 0.05) is 18.0 Å². The summed E-state index contributed by atoms with van der Waals surface area (Å²) in [6, 6.07) is 7.84. The monoisotopic (exact) mass is 342 g/mol. The van der Waals surface area contributed by atoms with Gasteiger partial charge < -0.3 is 10.4 Å². The van der Waals surface area contributed by atoms with Crippen molar-refractivity contribution in [3.05, 3.63) is 48.0 Å². The number of rotatable bonds is 3. The van der Waals surface area contributed by atoms with Crippen molar-refractivity contribution in [3.63, 3.8) is 0 Å². The van der Waals surface area contributed by atoms with Gasteiger partial charge in [-0.3, -0.25) is 4.40 Å². The van der Waals surface area contributed by atoms with Crippen LogP contribution in [0.15, 0.2) is 42.9 Å². The summed E-state index contributed by atoms with van der Waals surface area (Å²) >= 11 is 6.01. The molecule has 1 aliphatic carbocycles. The summed E-state index contributed by atoms with van der Waals surface area (Å²) < 4.78 is 2.03. The lowest BCUT2D eigenvalue weighted by Gasteiger charge is -2.29. The number of halogens is 1. The molecule has 0 amide bonds. The van der Waals surface area contributed by atoms with E-state index in [0.717, 1.165) is 48.3 Å². The third-order valence-corrected chi connectivity index (χ3v) is 4.82. The molecule has 1 fully saturated rings. The van der Waals surface area contributed by atoms with Crippen LogP contribution in [0.4, 0.5) is 5.69 Å². The van der Waals surface area contributed by atoms with Crippen LogP contribution in [-0.4, -0.2) is 31.6 Å². The Morgan fingerprint density at radius 2 is 2.04 bits per heavy atom. The number of aromatic nitrogens is 3. The summed E-state index contributed by atoms with van der Waals surface area (Å²) in [4.78, 5) is 8.48. The molecule has 3 aromatic heterocycles. The normalized spacial score (nSPS) is 21.1. The van der Waals surface area contributed by atoms with E-state index in [4.69, 9.17) is 11.6 Å². The molecule has 1 aliphatic rings. The number of nitrogens with zero attached hydrogens (tertiary/aromatic N) is 3. The maximum absolute atomic E-state index is 10.2. The van der Waals surface area contributed by atoms with Crippen LogP contribution >= 0.6 is 11.6 Å². The number of hydrogen-bond donors (Lipinski definition) is 2. The van der Waals surface area contributed by atoms with Crippen LogP contribution in [0, 0.1) is 0 Å². The second kappa shape index (κ2) is 6.42. The molecule has 1 saturated carbocycles. The second-order valence-corrected chi connectivity index (χ2v) is 6.65. The van der Waals surface area contributed by atoms with Crippen LogP contribution in [0.5, 0.6) is 0 Å². The Morgan fingerprint density at radius 3 is 2.88 bits per heavy atom. The Labute approximate surface area is 145 Å². The molecule has 3 aromatic rings. The molecular formula is C18H19ClN4O. The van der Waals surface area contributed by atoms with Crippen LogP contribution in [0.3, 0.4) is 0 Å². The van der Waals surface area contributed by atoms with Gasteiger partial charge in [0.2, 0.25) is 0 Å². The topological polar surface area (TPSA) is 62.5 Å². The van der Waals surface area contributed by atoms with E-state index in [-0.39, 0.29) is 12.1 Å². The number of pyridine rings is 2. The fourth-order valence-electron chi connectivity index (χ4n) is 3.34. The van der Waals surface area contributed by atoms with Crippen molar-refractivity contribution >= 4 is 22.9 Å². The standard InChI is InChI=1S/C18H19ClN4O/c19-17-9-12(7-8-20-17)15-10-21-18-6-5-13(11-23(15)18)22-14-3-1-2-4-16(14)24/h5-11,14,16,22,24H,1-4H2. The van der Waals surface area contributed by atoms with Gasteiger partial charge in [-0.05, 0) is 37.1 Å². The van der Waals surface area contributed by atoms with Gasteiger partial charge >= 0.3 is 0 Å². The highest BCUT2D eigenvalue weighted by atomic mass is 35.5. The Bertz CT molecular complexity index is 863. The van der Waals surface area contributed by atoms with Crippen LogP contribution in [0.1, 0.15) is 25.7 Å². The van der Waals surface area contributed by atoms with Gasteiger partial charge in [-0.2, -0.15) is 0 Å². The van der Waals surface area contributed by atoms with Crippen molar-refractivity contribution in [2.45, 2.75) is 37.8 Å². The zero-order valence-corrected chi connectivity index (χ0v) is 13.9. The van der Waals surface area contributed by atoms with Crippen molar-refractivity contribution in [2.24, 2.45) is 0 Å². The average Bonchev–Trinajstić information content (AvgIpc) is 3.00. The lowest BCUT2D eigenvalue weighted by Crippen LogP contribution is -2.36. The summed E-state index contributed by atoms with van der Waals surface area (Å²) in [5, 5.41) is 14.1. The SMILES string of the molecule is OC1CCCCC1Nc1ccc2ncc(-c3ccnc(Cl)c3)n2c1. The van der Waals surface area contributed by atoms with Crippen LogP contribution in [0.2, 0.25) is 5.15 Å². The van der Waals surface area contributed by atoms with E-state index in [1.165, 1.54) is 0 Å². The summed E-state index contributed by atoms with van der Waals surface area (Å²) in [6.07, 6.45) is 9.39. The van der Waals surface area contributed by atoms with Crippen LogP contribution in [0.25, 0.3) is 16.9 Å². The van der Waals surface area contributed by atoms with Gasteiger partial charge in [-0.15, -0.1) is 0 Å². The van der Waals surface area contributed by atoms with E-state index < -0.39 is 0 Å². The third kappa shape index (κ3) is 2.97. The van der Waals surface area contributed by atoms with Crippen molar-refractivity contribution in [3.8, 4) is 11.3 Å². The van der Waals surface area contributed by atoms with Gasteiger partial charge in [-0.25, -0.2) is 9.97 Å². The molecule has 6 heteroatoms. The van der Waals surface area contributed by atoms with E-state index in [2.05, 4.69) is 15.3 Å². The van der Waals surface area contributed by atoms with E-state index in [9.17, 15) is 5.11 Å². The lowest BCUT2D eigenvalue weighted by molar-refractivity contribution is 0.116. The van der Waals surface area contributed by atoms with Crippen molar-refractivity contribution < 1.29 is 5.11 Å². The summed E-state index contributed by atoms with van der Waals surface area (Å²) in [5.74, 6) is 0.